The zero-order chi connectivity index (χ0) is 33.5. The maximum atomic E-state index is 12.7. The monoisotopic (exact) mass is 644 g/mol. The smallest absolute Gasteiger partial charge is 0.242 e. The number of carbonyl (C=O) groups excluding carboxylic acids is 3. The molecule has 45 heavy (non-hydrogen) atoms. The molecule has 0 saturated heterocycles. The highest BCUT2D eigenvalue weighted by Crippen LogP contribution is 2.33. The third-order valence-electron chi connectivity index (χ3n) is 6.52. The number of hydrogen-bond donors (Lipinski definition) is 6. The largest absolute Gasteiger partial charge is 0.493 e. The molecular weight excluding hydrogens is 592 g/mol. The predicted molar refractivity (Wildman–Crippen MR) is 183 cm³/mol. The summed E-state index contributed by atoms with van der Waals surface area (Å²) in [7, 11) is 0. The van der Waals surface area contributed by atoms with Crippen molar-refractivity contribution < 1.29 is 19.1 Å². The highest BCUT2D eigenvalue weighted by molar-refractivity contribution is 6.30. The Balaban J connectivity index is 0.000000600. The predicted octanol–water partition coefficient (Wildman–Crippen LogP) is 4.43. The topological polar surface area (TPSA) is 158 Å². The zero-order valence-electron chi connectivity index (χ0n) is 27.3. The Labute approximate surface area is 274 Å². The summed E-state index contributed by atoms with van der Waals surface area (Å²) in [4.78, 5) is 36.9. The number of halogens is 1. The maximum Gasteiger partial charge on any atom is 0.242 e. The molecule has 4 rings (SSSR count). The molecular formula is C34H53ClN6O4. The van der Waals surface area contributed by atoms with Crippen molar-refractivity contribution >= 4 is 35.7 Å². The van der Waals surface area contributed by atoms with E-state index in [9.17, 15) is 14.4 Å². The number of nitrogens with one attached hydrogen (secondary N) is 5. The van der Waals surface area contributed by atoms with Gasteiger partial charge in [-0.1, -0.05) is 74.5 Å². The molecule has 250 valence electrons. The molecule has 2 aromatic rings. The number of hydrogen-bond acceptors (Lipinski definition) is 6. The number of aryl methyl sites for hydroxylation is 3. The van der Waals surface area contributed by atoms with Gasteiger partial charge >= 0.3 is 0 Å². The van der Waals surface area contributed by atoms with Gasteiger partial charge in [0.15, 0.2) is 0 Å². The van der Waals surface area contributed by atoms with Gasteiger partial charge in [-0.2, -0.15) is 0 Å². The van der Waals surface area contributed by atoms with Crippen molar-refractivity contribution in [1.82, 2.24) is 21.3 Å². The Bertz CT molecular complexity index is 1160. The van der Waals surface area contributed by atoms with Crippen LogP contribution in [0.15, 0.2) is 42.5 Å². The van der Waals surface area contributed by atoms with Crippen LogP contribution in [0, 0.1) is 25.2 Å². The first-order valence-corrected chi connectivity index (χ1v) is 16.2. The van der Waals surface area contributed by atoms with Crippen molar-refractivity contribution in [3.05, 3.63) is 64.2 Å². The fraction of sp³-hybridized carbons (Fsp3) is 0.529. The van der Waals surface area contributed by atoms with Crippen LogP contribution in [-0.2, 0) is 20.8 Å². The Morgan fingerprint density at radius 1 is 0.956 bits per heavy atom. The van der Waals surface area contributed by atoms with Crippen LogP contribution in [0.3, 0.4) is 0 Å². The molecule has 0 radical (unpaired) electrons. The molecule has 3 amide bonds. The minimum Gasteiger partial charge on any atom is -0.493 e. The normalized spacial score (nSPS) is 17.8. The molecule has 2 aromatic carbocycles. The molecule has 1 aliphatic carbocycles. The lowest BCUT2D eigenvalue weighted by molar-refractivity contribution is -0.129. The molecule has 1 saturated carbocycles. The van der Waals surface area contributed by atoms with Crippen LogP contribution < -0.4 is 31.7 Å². The highest BCUT2D eigenvalue weighted by atomic mass is 35.5. The average molecular weight is 645 g/mol. The summed E-state index contributed by atoms with van der Waals surface area (Å²) in [5.74, 6) is 0.602. The van der Waals surface area contributed by atoms with E-state index < -0.39 is 6.04 Å². The molecule has 7 N–H and O–H groups in total. The third-order valence-corrected chi connectivity index (χ3v) is 6.76. The Kier molecular flexibility index (Phi) is 20.8. The van der Waals surface area contributed by atoms with E-state index in [1.165, 1.54) is 17.5 Å². The van der Waals surface area contributed by atoms with Gasteiger partial charge in [0.2, 0.25) is 17.7 Å². The minimum atomic E-state index is -0.560. The number of ether oxygens (including phenoxy) is 1. The summed E-state index contributed by atoms with van der Waals surface area (Å²) in [6.07, 6.45) is 7.18. The number of benzene rings is 2. The van der Waals surface area contributed by atoms with E-state index in [1.807, 2.05) is 43.3 Å². The van der Waals surface area contributed by atoms with Crippen LogP contribution in [0.1, 0.15) is 69.1 Å². The van der Waals surface area contributed by atoms with E-state index in [-0.39, 0.29) is 30.8 Å². The van der Waals surface area contributed by atoms with Gasteiger partial charge in [-0.25, -0.2) is 0 Å². The van der Waals surface area contributed by atoms with Gasteiger partial charge in [0, 0.05) is 11.6 Å². The lowest BCUT2D eigenvalue weighted by Crippen LogP contribution is -2.50. The summed E-state index contributed by atoms with van der Waals surface area (Å²) < 4.78 is 5.96. The minimum absolute atomic E-state index is 0.132. The number of amides is 3. The first kappa shape index (κ1) is 39.4. The van der Waals surface area contributed by atoms with Gasteiger partial charge in [0.25, 0.3) is 0 Å². The standard InChI is InChI=1S/C23H34N4O4.C7H7Cl.C3H8.CH4N2/c1-16-5-8-20-18(12-16)4-2-10-25-23(30)19(13-17-6-7-17)27-22(29)15-26-21(28)14-24-9-3-11-31-20;1-6-3-2-4-7(8)5-6;1-3-2;2-1-3/h5,8,12,17,19,24H,2-4,6-7,9-11,13-15H2,1H3,(H,25,30)(H,26,28)(H,27,29);2-5H,1H3;3H2,1-2H3;1H,(H3,2,3). The van der Waals surface area contributed by atoms with E-state index in [2.05, 4.69) is 53.8 Å². The molecule has 2 aliphatic rings. The zero-order valence-corrected chi connectivity index (χ0v) is 28.1. The molecule has 1 unspecified atom stereocenters. The molecule has 10 nitrogen and oxygen atoms in total. The summed E-state index contributed by atoms with van der Waals surface area (Å²) >= 11 is 5.64. The number of rotatable bonds is 2. The van der Waals surface area contributed by atoms with Crippen molar-refractivity contribution in [1.29, 1.82) is 5.41 Å². The molecule has 1 fully saturated rings. The first-order chi connectivity index (χ1) is 21.6. The summed E-state index contributed by atoms with van der Waals surface area (Å²) in [6.45, 7) is 10.0. The van der Waals surface area contributed by atoms with Gasteiger partial charge in [0.1, 0.15) is 11.8 Å². The van der Waals surface area contributed by atoms with Crippen molar-refractivity contribution in [2.24, 2.45) is 11.7 Å². The van der Waals surface area contributed by atoms with Crippen LogP contribution in [-0.4, -0.2) is 62.9 Å². The third kappa shape index (κ3) is 19.4. The van der Waals surface area contributed by atoms with Crippen LogP contribution in [0.25, 0.3) is 0 Å². The highest BCUT2D eigenvalue weighted by Gasteiger charge is 2.30. The average Bonchev–Trinajstić information content (AvgIpc) is 3.81. The van der Waals surface area contributed by atoms with Crippen LogP contribution in [0.4, 0.5) is 0 Å². The van der Waals surface area contributed by atoms with Gasteiger partial charge in [-0.15, -0.1) is 0 Å². The summed E-state index contributed by atoms with van der Waals surface area (Å²) in [5.41, 5.74) is 7.89. The second-order valence-electron chi connectivity index (χ2n) is 11.1. The van der Waals surface area contributed by atoms with E-state index in [4.69, 9.17) is 21.7 Å². The lowest BCUT2D eigenvalue weighted by atomic mass is 10.1. The van der Waals surface area contributed by atoms with Gasteiger partial charge in [0.05, 0.1) is 26.0 Å². The SMILES string of the molecule is CCC.Cc1ccc2c(c1)CCCNC(=O)C(CC1CC1)NC(=O)CNC(=O)CNCCCO2.Cc1cccc(Cl)c1.N=CN. The van der Waals surface area contributed by atoms with E-state index in [0.29, 0.717) is 32.0 Å². The van der Waals surface area contributed by atoms with Gasteiger partial charge < -0.3 is 31.7 Å². The number of fused-ring (bicyclic) bond motifs is 1. The van der Waals surface area contributed by atoms with Gasteiger partial charge in [-0.3, -0.25) is 19.8 Å². The molecule has 1 aliphatic heterocycles. The second-order valence-corrected chi connectivity index (χ2v) is 11.6. The van der Waals surface area contributed by atoms with Crippen molar-refractivity contribution in [3.63, 3.8) is 0 Å². The Hall–Kier alpha value is -3.63. The van der Waals surface area contributed by atoms with E-state index in [1.54, 1.807) is 0 Å². The Morgan fingerprint density at radius 3 is 2.27 bits per heavy atom. The molecule has 0 aromatic heterocycles. The van der Waals surface area contributed by atoms with Crippen LogP contribution in [0.2, 0.25) is 5.02 Å². The van der Waals surface area contributed by atoms with Crippen LogP contribution in [0.5, 0.6) is 5.75 Å². The number of nitrogens with two attached hydrogens (primary N) is 1. The summed E-state index contributed by atoms with van der Waals surface area (Å²) in [5, 5.41) is 18.1. The first-order valence-electron chi connectivity index (χ1n) is 15.8. The Morgan fingerprint density at radius 2 is 1.64 bits per heavy atom. The van der Waals surface area contributed by atoms with Gasteiger partial charge in [-0.05, 0) is 81.3 Å². The molecule has 1 atom stereocenters. The quantitative estimate of drug-likeness (QED) is 0.210. The molecule has 0 bridgehead atoms. The molecule has 1 heterocycles. The fourth-order valence-electron chi connectivity index (χ4n) is 4.25. The molecule has 0 spiro atoms. The van der Waals surface area contributed by atoms with Crippen molar-refractivity contribution in [2.75, 3.05) is 32.8 Å². The van der Waals surface area contributed by atoms with Crippen molar-refractivity contribution in [2.45, 2.75) is 78.7 Å². The maximum absolute atomic E-state index is 12.7. The van der Waals surface area contributed by atoms with Crippen molar-refractivity contribution in [3.8, 4) is 5.75 Å². The second kappa shape index (κ2) is 23.7. The fourth-order valence-corrected chi connectivity index (χ4v) is 4.49. The number of carbonyl (C=O) groups is 3. The van der Waals surface area contributed by atoms with Crippen LogP contribution >= 0.6 is 11.6 Å². The van der Waals surface area contributed by atoms with E-state index >= 15 is 0 Å². The molecule has 11 heteroatoms. The van der Waals surface area contributed by atoms with E-state index in [0.717, 1.165) is 54.8 Å². The lowest BCUT2D eigenvalue weighted by Gasteiger charge is -2.19. The summed E-state index contributed by atoms with van der Waals surface area (Å²) in [6, 6.07) is 13.4.